The summed E-state index contributed by atoms with van der Waals surface area (Å²) in [5.41, 5.74) is 0.862. The molecule has 0 aliphatic heterocycles. The Bertz CT molecular complexity index is 733. The molecule has 0 aliphatic carbocycles. The summed E-state index contributed by atoms with van der Waals surface area (Å²) in [6.45, 7) is 3.44. The van der Waals surface area contributed by atoms with Crippen molar-refractivity contribution in [3.8, 4) is 0 Å². The number of thiol groups is 1. The minimum atomic E-state index is -2.82. The number of hydrogen-bond donors (Lipinski definition) is 2. The lowest BCUT2D eigenvalue weighted by atomic mass is 10.1. The second-order valence-electron chi connectivity index (χ2n) is 5.83. The Labute approximate surface area is 156 Å². The molecule has 1 N–H and O–H groups in total. The number of thiophene rings is 1. The molecule has 1 atom stereocenters. The Morgan fingerprint density at radius 1 is 1.28 bits per heavy atom. The highest BCUT2D eigenvalue weighted by molar-refractivity contribution is 7.80. The molecular weight excluding hydrogens is 360 g/mol. The summed E-state index contributed by atoms with van der Waals surface area (Å²) in [6.07, 6.45) is 5.48. The number of rotatable bonds is 8. The number of halogens is 2. The van der Waals surface area contributed by atoms with Crippen LogP contribution in [0.1, 0.15) is 41.1 Å². The first-order valence-electron chi connectivity index (χ1n) is 8.00. The lowest BCUT2D eigenvalue weighted by Crippen LogP contribution is -2.28. The smallest absolute Gasteiger partial charge is 0.270 e. The zero-order valence-electron chi connectivity index (χ0n) is 14.1. The van der Waals surface area contributed by atoms with E-state index < -0.39 is 5.92 Å². The SMILES string of the molecule is CCC(C=O)NCc1sc(/C=C/c2ccc(C(C)(F)F)cc2)cc1S. The molecule has 0 radical (unpaired) electrons. The Balaban J connectivity index is 2.04. The standard InChI is InChI=1S/C19H21F2NOS2/c1-3-15(12-23)22-11-18-17(24)10-16(25-18)9-6-13-4-7-14(8-5-13)19(2,20)21/h4-10,12,15,22,24H,3,11H2,1-2H3/b9-6+. The molecule has 1 heterocycles. The van der Waals surface area contributed by atoms with Crippen molar-refractivity contribution >= 4 is 42.4 Å². The van der Waals surface area contributed by atoms with E-state index >= 15 is 0 Å². The van der Waals surface area contributed by atoms with Gasteiger partial charge in [0, 0.05) is 33.7 Å². The highest BCUT2D eigenvalue weighted by Crippen LogP contribution is 2.29. The number of carbonyl (C=O) groups is 1. The lowest BCUT2D eigenvalue weighted by Gasteiger charge is -2.09. The molecule has 1 aromatic heterocycles. The molecule has 2 nitrogen and oxygen atoms in total. The van der Waals surface area contributed by atoms with Crippen LogP contribution in [0, 0.1) is 0 Å². The van der Waals surface area contributed by atoms with E-state index in [0.717, 1.165) is 39.8 Å². The van der Waals surface area contributed by atoms with Gasteiger partial charge in [-0.15, -0.1) is 24.0 Å². The largest absolute Gasteiger partial charge is 0.303 e. The predicted molar refractivity (Wildman–Crippen MR) is 103 cm³/mol. The summed E-state index contributed by atoms with van der Waals surface area (Å²) >= 11 is 6.06. The van der Waals surface area contributed by atoms with Crippen molar-refractivity contribution in [1.29, 1.82) is 0 Å². The van der Waals surface area contributed by atoms with Crippen LogP contribution in [-0.2, 0) is 17.3 Å². The minimum Gasteiger partial charge on any atom is -0.303 e. The van der Waals surface area contributed by atoms with Gasteiger partial charge in [0.05, 0.1) is 6.04 Å². The van der Waals surface area contributed by atoms with Crippen LogP contribution in [0.5, 0.6) is 0 Å². The van der Waals surface area contributed by atoms with E-state index in [1.54, 1.807) is 23.5 Å². The first-order chi connectivity index (χ1) is 11.8. The minimum absolute atomic E-state index is 0.00688. The van der Waals surface area contributed by atoms with Gasteiger partial charge in [0.1, 0.15) is 6.29 Å². The summed E-state index contributed by atoms with van der Waals surface area (Å²) in [4.78, 5) is 13.8. The Kier molecular flexibility index (Phi) is 6.93. The molecule has 0 saturated carbocycles. The van der Waals surface area contributed by atoms with Gasteiger partial charge in [-0.05, 0) is 24.1 Å². The van der Waals surface area contributed by atoms with Crippen LogP contribution in [0.15, 0.2) is 35.2 Å². The lowest BCUT2D eigenvalue weighted by molar-refractivity contribution is -0.109. The van der Waals surface area contributed by atoms with E-state index in [9.17, 15) is 13.6 Å². The summed E-state index contributed by atoms with van der Waals surface area (Å²) in [7, 11) is 0. The van der Waals surface area contributed by atoms with Gasteiger partial charge < -0.3 is 10.1 Å². The zero-order valence-corrected chi connectivity index (χ0v) is 15.8. The van der Waals surface area contributed by atoms with Gasteiger partial charge in [-0.1, -0.05) is 37.3 Å². The normalized spacial score (nSPS) is 13.3. The quantitative estimate of drug-likeness (QED) is 0.474. The second kappa shape index (κ2) is 8.74. The van der Waals surface area contributed by atoms with Gasteiger partial charge in [-0.25, -0.2) is 8.78 Å². The Hall–Kier alpha value is -1.50. The number of carbonyl (C=O) groups excluding carboxylic acids is 1. The van der Waals surface area contributed by atoms with Gasteiger partial charge in [0.2, 0.25) is 0 Å². The molecule has 0 spiro atoms. The van der Waals surface area contributed by atoms with Crippen LogP contribution < -0.4 is 5.32 Å². The fourth-order valence-electron chi connectivity index (χ4n) is 2.23. The van der Waals surface area contributed by atoms with Gasteiger partial charge in [-0.2, -0.15) is 0 Å². The first kappa shape index (κ1) is 19.8. The van der Waals surface area contributed by atoms with E-state index in [4.69, 9.17) is 0 Å². The fourth-order valence-corrected chi connectivity index (χ4v) is 3.58. The van der Waals surface area contributed by atoms with Crippen LogP contribution in [0.2, 0.25) is 0 Å². The van der Waals surface area contributed by atoms with Crippen molar-refractivity contribution in [1.82, 2.24) is 5.32 Å². The second-order valence-corrected chi connectivity index (χ2v) is 7.48. The third-order valence-corrected chi connectivity index (χ3v) is 5.44. The van der Waals surface area contributed by atoms with E-state index in [0.29, 0.717) is 6.54 Å². The number of benzene rings is 1. The highest BCUT2D eigenvalue weighted by atomic mass is 32.1. The number of aldehydes is 1. The molecule has 134 valence electrons. The molecule has 0 bridgehead atoms. The van der Waals surface area contributed by atoms with E-state index in [-0.39, 0.29) is 11.6 Å². The average Bonchev–Trinajstić information content (AvgIpc) is 2.93. The number of hydrogen-bond acceptors (Lipinski definition) is 4. The number of alkyl halides is 2. The third kappa shape index (κ3) is 5.76. The van der Waals surface area contributed by atoms with Gasteiger partial charge >= 0.3 is 0 Å². The molecule has 0 aliphatic rings. The Morgan fingerprint density at radius 3 is 2.52 bits per heavy atom. The van der Waals surface area contributed by atoms with Crippen LogP contribution in [0.3, 0.4) is 0 Å². The van der Waals surface area contributed by atoms with Crippen molar-refractivity contribution < 1.29 is 13.6 Å². The third-order valence-electron chi connectivity index (χ3n) is 3.79. The zero-order chi connectivity index (χ0) is 18.4. The van der Waals surface area contributed by atoms with Crippen molar-refractivity contribution in [3.05, 3.63) is 51.2 Å². The van der Waals surface area contributed by atoms with Crippen molar-refractivity contribution in [2.75, 3.05) is 0 Å². The van der Waals surface area contributed by atoms with Crippen LogP contribution in [0.25, 0.3) is 12.2 Å². The molecule has 25 heavy (non-hydrogen) atoms. The van der Waals surface area contributed by atoms with Crippen molar-refractivity contribution in [2.24, 2.45) is 0 Å². The van der Waals surface area contributed by atoms with E-state index in [1.807, 2.05) is 25.1 Å². The monoisotopic (exact) mass is 381 g/mol. The highest BCUT2D eigenvalue weighted by Gasteiger charge is 2.23. The molecule has 0 saturated heterocycles. The van der Waals surface area contributed by atoms with Gasteiger partial charge in [0.25, 0.3) is 5.92 Å². The topological polar surface area (TPSA) is 29.1 Å². The average molecular weight is 382 g/mol. The predicted octanol–water partition coefficient (Wildman–Crippen LogP) is 5.39. The molecule has 2 rings (SSSR count). The molecule has 6 heteroatoms. The van der Waals surface area contributed by atoms with Crippen molar-refractivity contribution in [3.63, 3.8) is 0 Å². The first-order valence-corrected chi connectivity index (χ1v) is 9.26. The van der Waals surface area contributed by atoms with E-state index in [2.05, 4.69) is 17.9 Å². The van der Waals surface area contributed by atoms with Gasteiger partial charge in [0.15, 0.2) is 0 Å². The van der Waals surface area contributed by atoms with Crippen LogP contribution in [-0.4, -0.2) is 12.3 Å². The number of nitrogens with one attached hydrogen (secondary N) is 1. The molecular formula is C19H21F2NOS2. The molecule has 2 aromatic rings. The maximum atomic E-state index is 13.2. The molecule has 1 aromatic carbocycles. The molecule has 1 unspecified atom stereocenters. The maximum absolute atomic E-state index is 13.2. The maximum Gasteiger partial charge on any atom is 0.270 e. The molecule has 0 amide bonds. The van der Waals surface area contributed by atoms with Crippen LogP contribution >= 0.6 is 24.0 Å². The van der Waals surface area contributed by atoms with Crippen molar-refractivity contribution in [2.45, 2.75) is 43.7 Å². The van der Waals surface area contributed by atoms with E-state index in [1.165, 1.54) is 12.1 Å². The fraction of sp³-hybridized carbons (Fsp3) is 0.316. The summed E-state index contributed by atoms with van der Waals surface area (Å²) in [5.74, 6) is -2.82. The van der Waals surface area contributed by atoms with Gasteiger partial charge in [-0.3, -0.25) is 0 Å². The summed E-state index contributed by atoms with van der Waals surface area (Å²) in [5, 5.41) is 3.18. The summed E-state index contributed by atoms with van der Waals surface area (Å²) < 4.78 is 26.4. The van der Waals surface area contributed by atoms with Crippen LogP contribution in [0.4, 0.5) is 8.78 Å². The molecule has 0 fully saturated rings. The summed E-state index contributed by atoms with van der Waals surface area (Å²) in [6, 6.07) is 8.05. The Morgan fingerprint density at radius 2 is 1.96 bits per heavy atom.